The molecule has 0 bridgehead atoms. The Balaban J connectivity index is 1.75. The van der Waals surface area contributed by atoms with Gasteiger partial charge >= 0.3 is 0 Å². The molecule has 0 aliphatic carbocycles. The predicted octanol–water partition coefficient (Wildman–Crippen LogP) is 4.71. The van der Waals surface area contributed by atoms with Crippen LogP contribution in [0.2, 0.25) is 5.02 Å². The summed E-state index contributed by atoms with van der Waals surface area (Å²) in [5, 5.41) is 11.6. The topological polar surface area (TPSA) is 65.0 Å². The molecule has 0 atom stereocenters. The number of nitrogens with one attached hydrogen (secondary N) is 1. The number of hydrogen-bond donors (Lipinski definition) is 2. The number of nitrogens with zero attached hydrogens (tertiary/aromatic N) is 3. The third kappa shape index (κ3) is 3.42. The van der Waals surface area contributed by atoms with E-state index in [4.69, 9.17) is 21.6 Å². The first kappa shape index (κ1) is 18.3. The molecule has 1 fully saturated rings. The number of aromatic amines is 1. The monoisotopic (exact) mass is 384 g/mol. The highest BCUT2D eigenvalue weighted by molar-refractivity contribution is 6.35. The highest BCUT2D eigenvalue weighted by atomic mass is 35.5. The van der Waals surface area contributed by atoms with E-state index in [0.717, 1.165) is 59.6 Å². The number of aryl methyl sites for hydroxylation is 1. The summed E-state index contributed by atoms with van der Waals surface area (Å²) in [5.74, 6) is 0.807. The van der Waals surface area contributed by atoms with Crippen LogP contribution in [-0.4, -0.2) is 33.1 Å². The smallest absolute Gasteiger partial charge is 0.153 e. The fourth-order valence-electron chi connectivity index (χ4n) is 3.76. The fraction of sp³-hybridized carbons (Fsp3) is 0.429. The largest absolute Gasteiger partial charge is 0.390 e. The van der Waals surface area contributed by atoms with Gasteiger partial charge in [-0.3, -0.25) is 0 Å². The lowest BCUT2D eigenvalue weighted by molar-refractivity contribution is 0.268. The number of aromatic nitrogens is 3. The number of H-pyrrole nitrogens is 1. The SMILES string of the molecule is Cc1nc(N2CCC(C)(C)CC2)c(CO)nc1-c1cc(Cl)c2cc[nH]c2c1. The van der Waals surface area contributed by atoms with Crippen molar-refractivity contribution in [2.24, 2.45) is 5.41 Å². The molecule has 142 valence electrons. The van der Waals surface area contributed by atoms with Gasteiger partial charge in [-0.2, -0.15) is 0 Å². The summed E-state index contributed by atoms with van der Waals surface area (Å²) in [6.45, 7) is 8.32. The lowest BCUT2D eigenvalue weighted by atomic mass is 9.82. The van der Waals surface area contributed by atoms with E-state index in [-0.39, 0.29) is 6.61 Å². The van der Waals surface area contributed by atoms with E-state index in [1.807, 2.05) is 31.3 Å². The van der Waals surface area contributed by atoms with Crippen LogP contribution in [0.5, 0.6) is 0 Å². The fourth-order valence-corrected chi connectivity index (χ4v) is 4.04. The van der Waals surface area contributed by atoms with E-state index in [1.165, 1.54) is 0 Å². The molecule has 0 radical (unpaired) electrons. The lowest BCUT2D eigenvalue weighted by Crippen LogP contribution is -2.38. The van der Waals surface area contributed by atoms with Gasteiger partial charge in [0.05, 0.1) is 23.0 Å². The van der Waals surface area contributed by atoms with Gasteiger partial charge in [0.15, 0.2) is 5.82 Å². The molecule has 4 rings (SSSR count). The quantitative estimate of drug-likeness (QED) is 0.686. The molecule has 5 nitrogen and oxygen atoms in total. The minimum Gasteiger partial charge on any atom is -0.390 e. The van der Waals surface area contributed by atoms with Crippen molar-refractivity contribution in [3.05, 3.63) is 40.8 Å². The highest BCUT2D eigenvalue weighted by Gasteiger charge is 2.28. The van der Waals surface area contributed by atoms with Crippen LogP contribution in [0.15, 0.2) is 24.4 Å². The van der Waals surface area contributed by atoms with Gasteiger partial charge in [0.2, 0.25) is 0 Å². The van der Waals surface area contributed by atoms with Crippen molar-refractivity contribution in [1.29, 1.82) is 0 Å². The molecule has 0 unspecified atom stereocenters. The van der Waals surface area contributed by atoms with Gasteiger partial charge in [-0.15, -0.1) is 0 Å². The maximum atomic E-state index is 9.95. The first-order valence-corrected chi connectivity index (χ1v) is 9.76. The van der Waals surface area contributed by atoms with Crippen molar-refractivity contribution < 1.29 is 5.11 Å². The van der Waals surface area contributed by atoms with Gasteiger partial charge in [0, 0.05) is 35.8 Å². The number of rotatable bonds is 3. The van der Waals surface area contributed by atoms with Crippen LogP contribution in [0, 0.1) is 12.3 Å². The Kier molecular flexibility index (Phi) is 4.60. The van der Waals surface area contributed by atoms with Crippen LogP contribution < -0.4 is 4.90 Å². The van der Waals surface area contributed by atoms with Crippen molar-refractivity contribution in [1.82, 2.24) is 15.0 Å². The second-order valence-corrected chi connectivity index (χ2v) is 8.54. The summed E-state index contributed by atoms with van der Waals surface area (Å²) in [4.78, 5) is 15.1. The van der Waals surface area contributed by atoms with Crippen LogP contribution in [0.25, 0.3) is 22.2 Å². The van der Waals surface area contributed by atoms with E-state index in [1.54, 1.807) is 0 Å². The zero-order valence-corrected chi connectivity index (χ0v) is 16.8. The number of aliphatic hydroxyl groups is 1. The van der Waals surface area contributed by atoms with Gasteiger partial charge < -0.3 is 15.0 Å². The van der Waals surface area contributed by atoms with E-state index < -0.39 is 0 Å². The number of aliphatic hydroxyl groups excluding tert-OH is 1. The normalized spacial score (nSPS) is 16.9. The number of piperidine rings is 1. The molecule has 1 aromatic carbocycles. The standard InChI is InChI=1S/C21H25ClN4O/c1-13-19(14-10-16(22)15-4-7-23-17(15)11-14)25-18(12-27)20(24-13)26-8-5-21(2,3)6-9-26/h4,7,10-11,23,27H,5-6,8-9,12H2,1-3H3. The number of halogens is 1. The summed E-state index contributed by atoms with van der Waals surface area (Å²) in [6.07, 6.45) is 4.10. The van der Waals surface area contributed by atoms with Gasteiger partial charge in [-0.05, 0) is 43.4 Å². The lowest BCUT2D eigenvalue weighted by Gasteiger charge is -2.38. The molecular formula is C21H25ClN4O. The van der Waals surface area contributed by atoms with Crippen molar-refractivity contribution in [3.8, 4) is 11.3 Å². The third-order valence-corrected chi connectivity index (χ3v) is 5.89. The van der Waals surface area contributed by atoms with Crippen LogP contribution in [0.1, 0.15) is 38.1 Å². The van der Waals surface area contributed by atoms with E-state index in [9.17, 15) is 5.11 Å². The Morgan fingerprint density at radius 2 is 1.96 bits per heavy atom. The van der Waals surface area contributed by atoms with Gasteiger partial charge in [0.25, 0.3) is 0 Å². The molecular weight excluding hydrogens is 360 g/mol. The molecule has 3 heterocycles. The molecule has 0 saturated carbocycles. The zero-order chi connectivity index (χ0) is 19.2. The maximum absolute atomic E-state index is 9.95. The van der Waals surface area contributed by atoms with E-state index >= 15 is 0 Å². The molecule has 6 heteroatoms. The number of fused-ring (bicyclic) bond motifs is 1. The molecule has 2 aromatic heterocycles. The molecule has 2 N–H and O–H groups in total. The number of benzene rings is 1. The molecule has 1 aliphatic heterocycles. The summed E-state index contributed by atoms with van der Waals surface area (Å²) < 4.78 is 0. The van der Waals surface area contributed by atoms with Crippen molar-refractivity contribution >= 4 is 28.3 Å². The Morgan fingerprint density at radius 1 is 1.22 bits per heavy atom. The van der Waals surface area contributed by atoms with Gasteiger partial charge in [-0.25, -0.2) is 9.97 Å². The van der Waals surface area contributed by atoms with Crippen LogP contribution in [0.3, 0.4) is 0 Å². The molecule has 1 aliphatic rings. The third-order valence-electron chi connectivity index (χ3n) is 5.58. The Hall–Kier alpha value is -2.11. The zero-order valence-electron chi connectivity index (χ0n) is 16.0. The maximum Gasteiger partial charge on any atom is 0.153 e. The first-order valence-electron chi connectivity index (χ1n) is 9.38. The summed E-state index contributed by atoms with van der Waals surface area (Å²) in [7, 11) is 0. The van der Waals surface area contributed by atoms with E-state index in [0.29, 0.717) is 16.1 Å². The van der Waals surface area contributed by atoms with Crippen LogP contribution >= 0.6 is 11.6 Å². The highest BCUT2D eigenvalue weighted by Crippen LogP contribution is 2.35. The molecule has 3 aromatic rings. The first-order chi connectivity index (χ1) is 12.9. The van der Waals surface area contributed by atoms with Crippen LogP contribution in [-0.2, 0) is 6.61 Å². The van der Waals surface area contributed by atoms with Crippen LogP contribution in [0.4, 0.5) is 5.82 Å². The Morgan fingerprint density at radius 3 is 2.67 bits per heavy atom. The number of anilines is 1. The van der Waals surface area contributed by atoms with E-state index in [2.05, 4.69) is 23.7 Å². The van der Waals surface area contributed by atoms with Crippen molar-refractivity contribution in [2.75, 3.05) is 18.0 Å². The summed E-state index contributed by atoms with van der Waals surface area (Å²) in [6, 6.07) is 5.90. The summed E-state index contributed by atoms with van der Waals surface area (Å²) >= 11 is 6.43. The summed E-state index contributed by atoms with van der Waals surface area (Å²) in [5.41, 5.74) is 4.46. The molecule has 0 amide bonds. The van der Waals surface area contributed by atoms with Crippen molar-refractivity contribution in [2.45, 2.75) is 40.2 Å². The minimum atomic E-state index is -0.131. The molecule has 0 spiro atoms. The van der Waals surface area contributed by atoms with Crippen molar-refractivity contribution in [3.63, 3.8) is 0 Å². The van der Waals surface area contributed by atoms with Gasteiger partial charge in [0.1, 0.15) is 5.69 Å². The Labute approximate surface area is 164 Å². The molecule has 1 saturated heterocycles. The second-order valence-electron chi connectivity index (χ2n) is 8.13. The second kappa shape index (κ2) is 6.80. The van der Waals surface area contributed by atoms with Gasteiger partial charge in [-0.1, -0.05) is 25.4 Å². The predicted molar refractivity (Wildman–Crippen MR) is 110 cm³/mol. The number of hydrogen-bond acceptors (Lipinski definition) is 4. The average Bonchev–Trinajstić information content (AvgIpc) is 3.11. The molecule has 27 heavy (non-hydrogen) atoms. The average molecular weight is 385 g/mol. The minimum absolute atomic E-state index is 0.131. The Bertz CT molecular complexity index is 985.